The van der Waals surface area contributed by atoms with E-state index in [1.54, 1.807) is 0 Å². The number of halogens is 2. The van der Waals surface area contributed by atoms with E-state index in [0.717, 1.165) is 0 Å². The summed E-state index contributed by atoms with van der Waals surface area (Å²) in [5, 5.41) is 17.4. The van der Waals surface area contributed by atoms with Gasteiger partial charge >= 0.3 is 5.97 Å². The van der Waals surface area contributed by atoms with Crippen LogP contribution in [0.4, 0.5) is 0 Å². The predicted octanol–water partition coefficient (Wildman–Crippen LogP) is 2.38. The maximum absolute atomic E-state index is 11.7. The van der Waals surface area contributed by atoms with Gasteiger partial charge in [0.1, 0.15) is 0 Å². The zero-order chi connectivity index (χ0) is 13.2. The molecule has 0 fully saturated rings. The standard InChI is InChI=1S/C11H10BrClO4/c1-5(13)9(14)6-3-2-4-7(8(6)12)10(15)11(16)17/h2-5,10,15H,1H3,(H,16,17). The molecule has 1 aromatic carbocycles. The molecule has 6 heteroatoms. The van der Waals surface area contributed by atoms with Crippen molar-refractivity contribution in [2.24, 2.45) is 0 Å². The second-order valence-electron chi connectivity index (χ2n) is 3.43. The van der Waals surface area contributed by atoms with Gasteiger partial charge < -0.3 is 10.2 Å². The third-order valence-electron chi connectivity index (χ3n) is 2.18. The summed E-state index contributed by atoms with van der Waals surface area (Å²) in [5.74, 6) is -1.72. The Balaban J connectivity index is 3.25. The van der Waals surface area contributed by atoms with Crippen molar-refractivity contribution in [1.29, 1.82) is 0 Å². The number of ketones is 1. The maximum atomic E-state index is 11.7. The minimum atomic E-state index is -1.68. The number of carbonyl (C=O) groups excluding carboxylic acids is 1. The number of aliphatic hydroxyl groups excluding tert-OH is 1. The number of carboxylic acid groups (broad SMARTS) is 1. The van der Waals surface area contributed by atoms with Gasteiger partial charge in [-0.3, -0.25) is 4.79 Å². The molecule has 0 aliphatic heterocycles. The van der Waals surface area contributed by atoms with Gasteiger partial charge in [-0.05, 0) is 22.9 Å². The lowest BCUT2D eigenvalue weighted by Gasteiger charge is -2.12. The van der Waals surface area contributed by atoms with Gasteiger partial charge in [-0.25, -0.2) is 4.79 Å². The van der Waals surface area contributed by atoms with Crippen molar-refractivity contribution in [3.05, 3.63) is 33.8 Å². The van der Waals surface area contributed by atoms with Crippen molar-refractivity contribution in [3.63, 3.8) is 0 Å². The van der Waals surface area contributed by atoms with E-state index in [2.05, 4.69) is 15.9 Å². The number of rotatable bonds is 4. The van der Waals surface area contributed by atoms with E-state index in [9.17, 15) is 14.7 Å². The molecule has 0 aliphatic carbocycles. The number of aliphatic carboxylic acids is 1. The van der Waals surface area contributed by atoms with Crippen molar-refractivity contribution in [2.75, 3.05) is 0 Å². The number of carboxylic acids is 1. The zero-order valence-corrected chi connectivity index (χ0v) is 11.2. The number of hydrogen-bond donors (Lipinski definition) is 2. The van der Waals surface area contributed by atoms with E-state index in [1.165, 1.54) is 25.1 Å². The molecule has 0 aliphatic rings. The van der Waals surface area contributed by atoms with E-state index < -0.39 is 17.5 Å². The fraction of sp³-hybridized carbons (Fsp3) is 0.273. The summed E-state index contributed by atoms with van der Waals surface area (Å²) in [6, 6.07) is 4.45. The average Bonchev–Trinajstić information content (AvgIpc) is 2.27. The third-order valence-corrected chi connectivity index (χ3v) is 3.27. The summed E-state index contributed by atoms with van der Waals surface area (Å²) in [6.45, 7) is 1.52. The number of Topliss-reactive ketones (excluding diaryl/α,β-unsaturated/α-hetero) is 1. The average molecular weight is 322 g/mol. The summed E-state index contributed by atoms with van der Waals surface area (Å²) in [7, 11) is 0. The van der Waals surface area contributed by atoms with Crippen molar-refractivity contribution in [3.8, 4) is 0 Å². The summed E-state index contributed by atoms with van der Waals surface area (Å²) < 4.78 is 0.257. The minimum Gasteiger partial charge on any atom is -0.479 e. The van der Waals surface area contributed by atoms with Crippen molar-refractivity contribution < 1.29 is 19.8 Å². The van der Waals surface area contributed by atoms with E-state index in [1.807, 2.05) is 0 Å². The molecule has 0 amide bonds. The molecule has 0 aromatic heterocycles. The summed E-state index contributed by atoms with van der Waals surface area (Å²) in [4.78, 5) is 22.4. The van der Waals surface area contributed by atoms with Crippen LogP contribution in [0.25, 0.3) is 0 Å². The molecule has 0 radical (unpaired) electrons. The summed E-state index contributed by atoms with van der Waals surface area (Å²) >= 11 is 8.80. The van der Waals surface area contributed by atoms with Gasteiger partial charge in [0, 0.05) is 15.6 Å². The molecule has 17 heavy (non-hydrogen) atoms. The fourth-order valence-electron chi connectivity index (χ4n) is 1.30. The minimum absolute atomic E-state index is 0.126. The van der Waals surface area contributed by atoms with Crippen molar-refractivity contribution in [1.82, 2.24) is 0 Å². The van der Waals surface area contributed by atoms with Crippen LogP contribution in [0.1, 0.15) is 28.9 Å². The van der Waals surface area contributed by atoms with Gasteiger partial charge in [-0.2, -0.15) is 0 Å². The predicted molar refractivity (Wildman–Crippen MR) is 66.4 cm³/mol. The Morgan fingerprint density at radius 1 is 1.41 bits per heavy atom. The number of alkyl halides is 1. The topological polar surface area (TPSA) is 74.6 Å². The molecule has 92 valence electrons. The Hall–Kier alpha value is -0.910. The summed E-state index contributed by atoms with van der Waals surface area (Å²) in [6.07, 6.45) is -1.68. The van der Waals surface area contributed by atoms with Gasteiger partial charge in [0.15, 0.2) is 11.9 Å². The molecule has 0 saturated heterocycles. The quantitative estimate of drug-likeness (QED) is 0.659. The van der Waals surface area contributed by atoms with Crippen LogP contribution >= 0.6 is 27.5 Å². The van der Waals surface area contributed by atoms with Gasteiger partial charge in [0.2, 0.25) is 0 Å². The fourth-order valence-corrected chi connectivity index (χ4v) is 2.09. The monoisotopic (exact) mass is 320 g/mol. The molecule has 0 saturated carbocycles. The normalized spacial score (nSPS) is 14.1. The molecular formula is C11H10BrClO4. The number of benzene rings is 1. The highest BCUT2D eigenvalue weighted by molar-refractivity contribution is 9.10. The second kappa shape index (κ2) is 5.62. The Kier molecular flexibility index (Phi) is 4.68. The summed E-state index contributed by atoms with van der Waals surface area (Å²) in [5.41, 5.74) is 0.381. The highest BCUT2D eigenvalue weighted by atomic mass is 79.9. The molecular weight excluding hydrogens is 311 g/mol. The van der Waals surface area contributed by atoms with Gasteiger partial charge in [0.05, 0.1) is 5.38 Å². The van der Waals surface area contributed by atoms with Gasteiger partial charge in [-0.1, -0.05) is 18.2 Å². The first-order chi connectivity index (χ1) is 7.86. The van der Waals surface area contributed by atoms with E-state index in [4.69, 9.17) is 16.7 Å². The van der Waals surface area contributed by atoms with Crippen LogP contribution in [0.15, 0.2) is 22.7 Å². The van der Waals surface area contributed by atoms with Crippen LogP contribution in [-0.2, 0) is 4.79 Å². The molecule has 4 nitrogen and oxygen atoms in total. The molecule has 0 bridgehead atoms. The maximum Gasteiger partial charge on any atom is 0.337 e. The van der Waals surface area contributed by atoms with Crippen LogP contribution in [0, 0.1) is 0 Å². The lowest BCUT2D eigenvalue weighted by molar-refractivity contribution is -0.147. The molecule has 2 atom stereocenters. The molecule has 1 rings (SSSR count). The lowest BCUT2D eigenvalue weighted by Crippen LogP contribution is -2.15. The number of hydrogen-bond acceptors (Lipinski definition) is 3. The van der Waals surface area contributed by atoms with Crippen molar-refractivity contribution >= 4 is 39.3 Å². The molecule has 0 heterocycles. The van der Waals surface area contributed by atoms with E-state index >= 15 is 0 Å². The first-order valence-electron chi connectivity index (χ1n) is 4.73. The zero-order valence-electron chi connectivity index (χ0n) is 8.85. The largest absolute Gasteiger partial charge is 0.479 e. The Bertz CT molecular complexity index is 459. The molecule has 0 spiro atoms. The van der Waals surface area contributed by atoms with Gasteiger partial charge in [-0.15, -0.1) is 11.6 Å². The SMILES string of the molecule is CC(Cl)C(=O)c1cccc(C(O)C(=O)O)c1Br. The van der Waals surface area contributed by atoms with Crippen LogP contribution in [0.2, 0.25) is 0 Å². The van der Waals surface area contributed by atoms with E-state index in [-0.39, 0.29) is 21.4 Å². The number of aliphatic hydroxyl groups is 1. The Morgan fingerprint density at radius 3 is 2.47 bits per heavy atom. The van der Waals surface area contributed by atoms with Crippen LogP contribution < -0.4 is 0 Å². The highest BCUT2D eigenvalue weighted by Crippen LogP contribution is 2.28. The lowest BCUT2D eigenvalue weighted by atomic mass is 10.0. The second-order valence-corrected chi connectivity index (χ2v) is 4.88. The van der Waals surface area contributed by atoms with Crippen LogP contribution in [-0.4, -0.2) is 27.3 Å². The van der Waals surface area contributed by atoms with Crippen LogP contribution in [0.5, 0.6) is 0 Å². The number of carbonyl (C=O) groups is 2. The van der Waals surface area contributed by atoms with Gasteiger partial charge in [0.25, 0.3) is 0 Å². The van der Waals surface area contributed by atoms with E-state index in [0.29, 0.717) is 0 Å². The smallest absolute Gasteiger partial charge is 0.337 e. The Morgan fingerprint density at radius 2 is 2.00 bits per heavy atom. The molecule has 2 unspecified atom stereocenters. The molecule has 2 N–H and O–H groups in total. The highest BCUT2D eigenvalue weighted by Gasteiger charge is 2.23. The van der Waals surface area contributed by atoms with Crippen molar-refractivity contribution in [2.45, 2.75) is 18.4 Å². The first-order valence-corrected chi connectivity index (χ1v) is 5.96. The molecule has 1 aromatic rings. The third kappa shape index (κ3) is 3.06. The Labute approximate surface area is 111 Å². The first kappa shape index (κ1) is 14.2. The van der Waals surface area contributed by atoms with Crippen LogP contribution in [0.3, 0.4) is 0 Å².